The summed E-state index contributed by atoms with van der Waals surface area (Å²) >= 11 is 5.41. The van der Waals surface area contributed by atoms with Crippen molar-refractivity contribution in [2.24, 2.45) is 10.9 Å². The van der Waals surface area contributed by atoms with Crippen LogP contribution < -0.4 is 5.32 Å². The number of hydrogen-bond donors (Lipinski definition) is 1. The van der Waals surface area contributed by atoms with Crippen molar-refractivity contribution in [2.45, 2.75) is 26.8 Å². The summed E-state index contributed by atoms with van der Waals surface area (Å²) in [7, 11) is 0. The zero-order valence-corrected chi connectivity index (χ0v) is 12.7. The lowest BCUT2D eigenvalue weighted by atomic mass is 10.1. The second-order valence-electron chi connectivity index (χ2n) is 4.52. The molecular weight excluding hydrogens is 296 g/mol. The third-order valence-electron chi connectivity index (χ3n) is 3.06. The molecule has 0 aromatic heterocycles. The SMILES string of the molecule is Cc1cccc(NC2=NC(C)C(C)CS2)c1Br. The van der Waals surface area contributed by atoms with E-state index in [4.69, 9.17) is 0 Å². The minimum absolute atomic E-state index is 0.405. The van der Waals surface area contributed by atoms with Gasteiger partial charge in [0.1, 0.15) is 0 Å². The maximum Gasteiger partial charge on any atom is 0.161 e. The first kappa shape index (κ1) is 13.0. The van der Waals surface area contributed by atoms with E-state index in [1.807, 2.05) is 0 Å². The van der Waals surface area contributed by atoms with Gasteiger partial charge in [-0.2, -0.15) is 0 Å². The van der Waals surface area contributed by atoms with Crippen LogP contribution in [0.1, 0.15) is 19.4 Å². The maximum atomic E-state index is 4.68. The number of nitrogens with one attached hydrogen (secondary N) is 1. The Bertz CT molecular complexity index is 445. The number of benzene rings is 1. The number of nitrogens with zero attached hydrogens (tertiary/aromatic N) is 1. The van der Waals surface area contributed by atoms with Gasteiger partial charge in [-0.1, -0.05) is 30.8 Å². The Hall–Kier alpha value is -0.480. The van der Waals surface area contributed by atoms with Crippen molar-refractivity contribution in [3.8, 4) is 0 Å². The molecule has 0 saturated carbocycles. The van der Waals surface area contributed by atoms with Crippen molar-refractivity contribution in [3.63, 3.8) is 0 Å². The predicted octanol–water partition coefficient (Wildman–Crippen LogP) is 4.30. The molecule has 1 aliphatic rings. The van der Waals surface area contributed by atoms with Gasteiger partial charge in [-0.05, 0) is 47.3 Å². The standard InChI is InChI=1S/C13H17BrN2S/c1-8-5-4-6-11(12(8)14)16-13-15-10(3)9(2)7-17-13/h4-6,9-10H,7H2,1-3H3,(H,15,16). The van der Waals surface area contributed by atoms with E-state index in [1.54, 1.807) is 11.8 Å². The topological polar surface area (TPSA) is 24.4 Å². The highest BCUT2D eigenvalue weighted by atomic mass is 79.9. The van der Waals surface area contributed by atoms with Crippen molar-refractivity contribution >= 4 is 38.5 Å². The highest BCUT2D eigenvalue weighted by Crippen LogP contribution is 2.29. The summed E-state index contributed by atoms with van der Waals surface area (Å²) in [5.74, 6) is 1.79. The van der Waals surface area contributed by atoms with Crippen LogP contribution in [0.25, 0.3) is 0 Å². The monoisotopic (exact) mass is 312 g/mol. The van der Waals surface area contributed by atoms with Crippen LogP contribution in [-0.4, -0.2) is 17.0 Å². The van der Waals surface area contributed by atoms with Crippen molar-refractivity contribution in [2.75, 3.05) is 11.1 Å². The molecule has 2 rings (SSSR count). The molecule has 1 aromatic rings. The van der Waals surface area contributed by atoms with E-state index < -0.39 is 0 Å². The van der Waals surface area contributed by atoms with E-state index in [1.165, 1.54) is 5.56 Å². The fourth-order valence-corrected chi connectivity index (χ4v) is 3.11. The zero-order valence-electron chi connectivity index (χ0n) is 10.3. The molecule has 0 radical (unpaired) electrons. The number of anilines is 1. The second-order valence-corrected chi connectivity index (χ2v) is 6.33. The second kappa shape index (κ2) is 5.44. The van der Waals surface area contributed by atoms with Gasteiger partial charge in [0.15, 0.2) is 5.17 Å². The summed E-state index contributed by atoms with van der Waals surface area (Å²) in [6, 6.07) is 6.63. The van der Waals surface area contributed by atoms with Gasteiger partial charge in [0.2, 0.25) is 0 Å². The van der Waals surface area contributed by atoms with Gasteiger partial charge in [-0.15, -0.1) is 0 Å². The first-order chi connectivity index (χ1) is 8.08. The Kier molecular flexibility index (Phi) is 4.15. The molecule has 0 spiro atoms. The van der Waals surface area contributed by atoms with Gasteiger partial charge < -0.3 is 5.32 Å². The summed E-state index contributed by atoms with van der Waals surface area (Å²) in [6.07, 6.45) is 0. The molecule has 1 heterocycles. The van der Waals surface area contributed by atoms with Crippen LogP contribution >= 0.6 is 27.7 Å². The average Bonchev–Trinajstić information content (AvgIpc) is 2.30. The fourth-order valence-electron chi connectivity index (χ4n) is 1.63. The van der Waals surface area contributed by atoms with Gasteiger partial charge in [0, 0.05) is 10.2 Å². The molecule has 2 unspecified atom stereocenters. The third kappa shape index (κ3) is 3.05. The molecule has 0 bridgehead atoms. The van der Waals surface area contributed by atoms with Crippen molar-refractivity contribution in [1.82, 2.24) is 0 Å². The van der Waals surface area contributed by atoms with E-state index >= 15 is 0 Å². The third-order valence-corrected chi connectivity index (χ3v) is 5.29. The van der Waals surface area contributed by atoms with Crippen molar-refractivity contribution < 1.29 is 0 Å². The molecule has 2 atom stereocenters. The summed E-state index contributed by atoms with van der Waals surface area (Å²) in [6.45, 7) is 6.52. The Morgan fingerprint density at radius 2 is 2.18 bits per heavy atom. The van der Waals surface area contributed by atoms with E-state index in [2.05, 4.69) is 65.2 Å². The Morgan fingerprint density at radius 3 is 2.88 bits per heavy atom. The molecule has 4 heteroatoms. The van der Waals surface area contributed by atoms with Crippen LogP contribution in [-0.2, 0) is 0 Å². The normalized spacial score (nSPS) is 24.4. The smallest absolute Gasteiger partial charge is 0.161 e. The van der Waals surface area contributed by atoms with Gasteiger partial charge in [0.25, 0.3) is 0 Å². The Morgan fingerprint density at radius 1 is 1.41 bits per heavy atom. The number of rotatable bonds is 1. The predicted molar refractivity (Wildman–Crippen MR) is 81.0 cm³/mol. The van der Waals surface area contributed by atoms with Crippen molar-refractivity contribution in [3.05, 3.63) is 28.2 Å². The molecule has 1 aliphatic heterocycles. The molecule has 2 nitrogen and oxygen atoms in total. The van der Waals surface area contributed by atoms with Crippen molar-refractivity contribution in [1.29, 1.82) is 0 Å². The van der Waals surface area contributed by atoms with Gasteiger partial charge >= 0.3 is 0 Å². The van der Waals surface area contributed by atoms with Crippen LogP contribution in [0.4, 0.5) is 5.69 Å². The molecule has 0 aliphatic carbocycles. The quantitative estimate of drug-likeness (QED) is 0.836. The summed E-state index contributed by atoms with van der Waals surface area (Å²) < 4.78 is 1.12. The molecule has 1 N–H and O–H groups in total. The van der Waals surface area contributed by atoms with Gasteiger partial charge in [-0.3, -0.25) is 4.99 Å². The Balaban J connectivity index is 2.16. The summed E-state index contributed by atoms with van der Waals surface area (Å²) in [5.41, 5.74) is 2.33. The number of halogens is 1. The molecule has 0 saturated heterocycles. The van der Waals surface area contributed by atoms with Crippen LogP contribution in [0, 0.1) is 12.8 Å². The number of thioether (sulfide) groups is 1. The minimum atomic E-state index is 0.405. The van der Waals surface area contributed by atoms with Crippen LogP contribution in [0.2, 0.25) is 0 Å². The average molecular weight is 313 g/mol. The lowest BCUT2D eigenvalue weighted by Crippen LogP contribution is -2.25. The molecule has 92 valence electrons. The first-order valence-electron chi connectivity index (χ1n) is 5.80. The number of hydrogen-bond acceptors (Lipinski definition) is 3. The molecule has 0 amide bonds. The van der Waals surface area contributed by atoms with Crippen LogP contribution in [0.5, 0.6) is 0 Å². The number of aliphatic imine (C=N–C) groups is 1. The van der Waals surface area contributed by atoms with Crippen LogP contribution in [0.3, 0.4) is 0 Å². The number of amidine groups is 1. The largest absolute Gasteiger partial charge is 0.334 e. The summed E-state index contributed by atoms with van der Waals surface area (Å²) in [4.78, 5) is 4.68. The highest BCUT2D eigenvalue weighted by molar-refractivity contribution is 9.10. The fraction of sp³-hybridized carbons (Fsp3) is 0.462. The lowest BCUT2D eigenvalue weighted by molar-refractivity contribution is 0.537. The van der Waals surface area contributed by atoms with E-state index in [-0.39, 0.29) is 0 Å². The molecule has 0 fully saturated rings. The maximum absolute atomic E-state index is 4.68. The highest BCUT2D eigenvalue weighted by Gasteiger charge is 2.19. The van der Waals surface area contributed by atoms with E-state index in [9.17, 15) is 0 Å². The lowest BCUT2D eigenvalue weighted by Gasteiger charge is -2.24. The van der Waals surface area contributed by atoms with Crippen LogP contribution in [0.15, 0.2) is 27.7 Å². The number of aryl methyl sites for hydroxylation is 1. The first-order valence-corrected chi connectivity index (χ1v) is 7.58. The zero-order chi connectivity index (χ0) is 12.4. The molecule has 17 heavy (non-hydrogen) atoms. The van der Waals surface area contributed by atoms with E-state index in [0.717, 1.165) is 21.1 Å². The summed E-state index contributed by atoms with van der Waals surface area (Å²) in [5, 5.41) is 4.44. The van der Waals surface area contributed by atoms with Gasteiger partial charge in [-0.25, -0.2) is 0 Å². The minimum Gasteiger partial charge on any atom is -0.334 e. The molecular formula is C13H17BrN2S. The Labute approximate surface area is 115 Å². The van der Waals surface area contributed by atoms with Gasteiger partial charge in [0.05, 0.1) is 11.7 Å². The van der Waals surface area contributed by atoms with E-state index in [0.29, 0.717) is 12.0 Å². The molecule has 1 aromatic carbocycles.